The summed E-state index contributed by atoms with van der Waals surface area (Å²) in [6.45, 7) is 0. The molecule has 1 N–H and O–H groups in total. The summed E-state index contributed by atoms with van der Waals surface area (Å²) < 4.78 is 3.17. The fourth-order valence-electron chi connectivity index (χ4n) is 1.18. The number of para-hydroxylation sites is 1. The van der Waals surface area contributed by atoms with Crippen molar-refractivity contribution in [2.75, 3.05) is 4.72 Å². The predicted molar refractivity (Wildman–Crippen MR) is 72.4 cm³/mol. The summed E-state index contributed by atoms with van der Waals surface area (Å²) in [4.78, 5) is 0.976. The third kappa shape index (κ3) is 2.85. The minimum absolute atomic E-state index is 0.696. The van der Waals surface area contributed by atoms with Crippen molar-refractivity contribution < 1.29 is 0 Å². The summed E-state index contributed by atoms with van der Waals surface area (Å²) in [5, 5.41) is 1.43. The van der Waals surface area contributed by atoms with Crippen LogP contribution in [0.5, 0.6) is 0 Å². The van der Waals surface area contributed by atoms with Crippen LogP contribution in [0.15, 0.2) is 53.4 Å². The zero-order chi connectivity index (χ0) is 11.4. The quantitative estimate of drug-likeness (QED) is 0.777. The van der Waals surface area contributed by atoms with Crippen LogP contribution < -0.4 is 4.72 Å². The van der Waals surface area contributed by atoms with E-state index in [1.165, 1.54) is 11.9 Å². The maximum atomic E-state index is 6.04. The second-order valence-electron chi connectivity index (χ2n) is 3.11. The number of hydrogen-bond acceptors (Lipinski definition) is 2. The standard InChI is InChI=1S/C12H9Cl2NS/c13-9-5-1-3-7-11(9)15-16-12-8-4-2-6-10(12)14/h1-8,15H. The Labute approximate surface area is 109 Å². The molecule has 0 heterocycles. The molecule has 16 heavy (non-hydrogen) atoms. The number of anilines is 1. The zero-order valence-corrected chi connectivity index (χ0v) is 10.6. The smallest absolute Gasteiger partial charge is 0.0646 e. The van der Waals surface area contributed by atoms with E-state index in [1.807, 2.05) is 48.5 Å². The first-order valence-electron chi connectivity index (χ1n) is 4.69. The normalized spacial score (nSPS) is 10.1. The molecule has 4 heteroatoms. The number of nitrogens with one attached hydrogen (secondary N) is 1. The van der Waals surface area contributed by atoms with Crippen molar-refractivity contribution in [1.82, 2.24) is 0 Å². The lowest BCUT2D eigenvalue weighted by molar-refractivity contribution is 1.46. The van der Waals surface area contributed by atoms with Crippen LogP contribution in [0.2, 0.25) is 10.0 Å². The van der Waals surface area contributed by atoms with E-state index in [4.69, 9.17) is 23.2 Å². The number of rotatable bonds is 3. The predicted octanol–water partition coefficient (Wildman–Crippen LogP) is 5.11. The average molecular weight is 270 g/mol. The third-order valence-electron chi connectivity index (χ3n) is 1.98. The molecule has 1 nitrogen and oxygen atoms in total. The Morgan fingerprint density at radius 3 is 2.12 bits per heavy atom. The average Bonchev–Trinajstić information content (AvgIpc) is 2.30. The summed E-state index contributed by atoms with van der Waals surface area (Å²) in [6, 6.07) is 15.3. The van der Waals surface area contributed by atoms with Crippen molar-refractivity contribution in [3.05, 3.63) is 58.6 Å². The largest absolute Gasteiger partial charge is 0.324 e. The van der Waals surface area contributed by atoms with Gasteiger partial charge in [-0.2, -0.15) is 0 Å². The first kappa shape index (κ1) is 11.6. The second-order valence-corrected chi connectivity index (χ2v) is 4.78. The fourth-order valence-corrected chi connectivity index (χ4v) is 2.38. The van der Waals surface area contributed by atoms with Crippen LogP contribution >= 0.6 is 35.1 Å². The van der Waals surface area contributed by atoms with Gasteiger partial charge in [0, 0.05) is 4.90 Å². The lowest BCUT2D eigenvalue weighted by atomic mass is 10.3. The van der Waals surface area contributed by atoms with E-state index in [0.29, 0.717) is 5.02 Å². The Morgan fingerprint density at radius 1 is 0.812 bits per heavy atom. The molecule has 0 radical (unpaired) electrons. The molecule has 0 saturated heterocycles. The third-order valence-corrected chi connectivity index (χ3v) is 3.65. The SMILES string of the molecule is Clc1ccccc1NSc1ccccc1Cl. The van der Waals surface area contributed by atoms with E-state index >= 15 is 0 Å². The van der Waals surface area contributed by atoms with E-state index in [2.05, 4.69) is 4.72 Å². The molecule has 0 spiro atoms. The van der Waals surface area contributed by atoms with Crippen LogP contribution in [0.4, 0.5) is 5.69 Å². The number of hydrogen-bond donors (Lipinski definition) is 1. The minimum atomic E-state index is 0.696. The Morgan fingerprint density at radius 2 is 1.44 bits per heavy atom. The molecule has 2 aromatic carbocycles. The van der Waals surface area contributed by atoms with Gasteiger partial charge < -0.3 is 4.72 Å². The van der Waals surface area contributed by atoms with Gasteiger partial charge in [-0.1, -0.05) is 47.5 Å². The molecule has 0 fully saturated rings. The van der Waals surface area contributed by atoms with Crippen molar-refractivity contribution in [3.63, 3.8) is 0 Å². The molecule has 0 atom stereocenters. The highest BCUT2D eigenvalue weighted by Crippen LogP contribution is 2.30. The summed E-state index contributed by atoms with van der Waals surface area (Å²) in [5.74, 6) is 0. The molecular formula is C12H9Cl2NS. The van der Waals surface area contributed by atoms with E-state index in [-0.39, 0.29) is 0 Å². The van der Waals surface area contributed by atoms with E-state index < -0.39 is 0 Å². The molecule has 0 bridgehead atoms. The molecule has 2 rings (SSSR count). The van der Waals surface area contributed by atoms with Crippen LogP contribution in [-0.2, 0) is 0 Å². The van der Waals surface area contributed by atoms with Crippen molar-refractivity contribution in [2.45, 2.75) is 4.90 Å². The summed E-state index contributed by atoms with van der Waals surface area (Å²) in [7, 11) is 0. The highest BCUT2D eigenvalue weighted by atomic mass is 35.5. The Bertz CT molecular complexity index is 442. The van der Waals surface area contributed by atoms with Gasteiger partial charge in [0.1, 0.15) is 0 Å². The Hall–Kier alpha value is -0.830. The summed E-state index contributed by atoms with van der Waals surface area (Å²) in [5.41, 5.74) is 0.883. The summed E-state index contributed by atoms with van der Waals surface area (Å²) in [6.07, 6.45) is 0. The van der Waals surface area contributed by atoms with Gasteiger partial charge in [-0.15, -0.1) is 0 Å². The Kier molecular flexibility index (Phi) is 3.99. The van der Waals surface area contributed by atoms with Crippen LogP contribution in [0.1, 0.15) is 0 Å². The van der Waals surface area contributed by atoms with Crippen LogP contribution in [-0.4, -0.2) is 0 Å². The second kappa shape index (κ2) is 5.48. The molecular weight excluding hydrogens is 261 g/mol. The zero-order valence-electron chi connectivity index (χ0n) is 8.28. The first-order valence-corrected chi connectivity index (χ1v) is 6.26. The molecule has 0 amide bonds. The van der Waals surface area contributed by atoms with E-state index in [0.717, 1.165) is 15.6 Å². The molecule has 0 aromatic heterocycles. The van der Waals surface area contributed by atoms with Gasteiger partial charge in [-0.25, -0.2) is 0 Å². The van der Waals surface area contributed by atoms with Gasteiger partial charge in [0.15, 0.2) is 0 Å². The molecule has 0 saturated carbocycles. The maximum absolute atomic E-state index is 6.04. The number of benzene rings is 2. The molecule has 82 valence electrons. The molecule has 0 aliphatic carbocycles. The molecule has 0 unspecified atom stereocenters. The first-order chi connectivity index (χ1) is 7.77. The van der Waals surface area contributed by atoms with Gasteiger partial charge in [-0.3, -0.25) is 0 Å². The van der Waals surface area contributed by atoms with Crippen molar-refractivity contribution in [3.8, 4) is 0 Å². The van der Waals surface area contributed by atoms with E-state index in [1.54, 1.807) is 0 Å². The van der Waals surface area contributed by atoms with Crippen molar-refractivity contribution >= 4 is 40.8 Å². The van der Waals surface area contributed by atoms with Gasteiger partial charge in [-0.05, 0) is 36.2 Å². The monoisotopic (exact) mass is 269 g/mol. The van der Waals surface area contributed by atoms with Crippen LogP contribution in [0, 0.1) is 0 Å². The Balaban J connectivity index is 2.09. The highest BCUT2D eigenvalue weighted by molar-refractivity contribution is 8.00. The summed E-state index contributed by atoms with van der Waals surface area (Å²) >= 11 is 13.5. The van der Waals surface area contributed by atoms with Crippen molar-refractivity contribution in [2.24, 2.45) is 0 Å². The van der Waals surface area contributed by atoms with Gasteiger partial charge in [0.2, 0.25) is 0 Å². The topological polar surface area (TPSA) is 12.0 Å². The van der Waals surface area contributed by atoms with Crippen LogP contribution in [0.25, 0.3) is 0 Å². The number of halogens is 2. The van der Waals surface area contributed by atoms with Crippen LogP contribution in [0.3, 0.4) is 0 Å². The van der Waals surface area contributed by atoms with Gasteiger partial charge in [0.25, 0.3) is 0 Å². The van der Waals surface area contributed by atoms with Gasteiger partial charge in [0.05, 0.1) is 15.7 Å². The molecule has 2 aromatic rings. The fraction of sp³-hybridized carbons (Fsp3) is 0. The molecule has 0 aliphatic heterocycles. The van der Waals surface area contributed by atoms with Crippen molar-refractivity contribution in [1.29, 1.82) is 0 Å². The highest BCUT2D eigenvalue weighted by Gasteiger charge is 2.01. The minimum Gasteiger partial charge on any atom is -0.324 e. The van der Waals surface area contributed by atoms with Gasteiger partial charge >= 0.3 is 0 Å². The molecule has 0 aliphatic rings. The van der Waals surface area contributed by atoms with E-state index in [9.17, 15) is 0 Å². The lowest BCUT2D eigenvalue weighted by Crippen LogP contribution is -1.87. The lowest BCUT2D eigenvalue weighted by Gasteiger charge is -2.07. The maximum Gasteiger partial charge on any atom is 0.0646 e.